The molecule has 8 heteroatoms. The third-order valence-corrected chi connectivity index (χ3v) is 3.70. The summed E-state index contributed by atoms with van der Waals surface area (Å²) in [4.78, 5) is 26.1. The Balaban J connectivity index is 1.81. The molecule has 23 heavy (non-hydrogen) atoms. The van der Waals surface area contributed by atoms with Gasteiger partial charge in [0.1, 0.15) is 19.4 Å². The van der Waals surface area contributed by atoms with Crippen LogP contribution in [0, 0.1) is 5.92 Å². The molecule has 1 aromatic heterocycles. The summed E-state index contributed by atoms with van der Waals surface area (Å²) in [5, 5.41) is 0. The molecular formula is C15H24N3O5+. The number of carbonyl (C=O) groups excluding carboxylic acids is 1. The van der Waals surface area contributed by atoms with Gasteiger partial charge in [-0.25, -0.2) is 0 Å². The van der Waals surface area contributed by atoms with Crippen molar-refractivity contribution in [1.29, 1.82) is 0 Å². The molecule has 0 aromatic carbocycles. The number of rotatable bonds is 7. The van der Waals surface area contributed by atoms with E-state index in [2.05, 4.69) is 11.9 Å². The lowest BCUT2D eigenvalue weighted by Crippen LogP contribution is -2.55. The highest BCUT2D eigenvalue weighted by molar-refractivity contribution is 5.71. The first-order valence-corrected chi connectivity index (χ1v) is 7.85. The van der Waals surface area contributed by atoms with Gasteiger partial charge in [0.2, 0.25) is 6.23 Å². The summed E-state index contributed by atoms with van der Waals surface area (Å²) in [7, 11) is 0. The van der Waals surface area contributed by atoms with Gasteiger partial charge in [-0.2, -0.15) is 14.3 Å². The summed E-state index contributed by atoms with van der Waals surface area (Å²) in [5.41, 5.74) is 5.11. The van der Waals surface area contributed by atoms with Gasteiger partial charge in [-0.05, 0) is 6.42 Å². The standard InChI is InChI=1S/C15H23N3O5/c1-3-4-5-10(2)14(19)22-9-13-21-8-12(23-13)18-7-6-11(16)17-15(18)20/h6-7,10,12-13H,3-5,8-9H2,1-2H3,(H2,16,17,20)/p+1/t10?,12-,13-/m0/s1. The van der Waals surface area contributed by atoms with E-state index in [0.29, 0.717) is 0 Å². The minimum atomic E-state index is -0.674. The number of nitrogen functional groups attached to an aromatic ring is 1. The van der Waals surface area contributed by atoms with Crippen LogP contribution in [0.1, 0.15) is 39.3 Å². The summed E-state index contributed by atoms with van der Waals surface area (Å²) >= 11 is 0. The van der Waals surface area contributed by atoms with Crippen molar-refractivity contribution in [2.45, 2.75) is 45.6 Å². The predicted molar refractivity (Wildman–Crippen MR) is 81.2 cm³/mol. The molecular weight excluding hydrogens is 302 g/mol. The molecule has 2 rings (SSSR count). The minimum Gasteiger partial charge on any atom is -0.460 e. The third-order valence-electron chi connectivity index (χ3n) is 3.70. The number of nitrogens with two attached hydrogens (primary N) is 1. The number of unbranched alkanes of at least 4 members (excludes halogenated alkanes) is 1. The molecule has 3 atom stereocenters. The Hall–Kier alpha value is -1.93. The Kier molecular flexibility index (Phi) is 6.12. The molecule has 1 aliphatic rings. The number of nitrogens with one attached hydrogen (secondary N) is 1. The van der Waals surface area contributed by atoms with Crippen molar-refractivity contribution < 1.29 is 23.6 Å². The van der Waals surface area contributed by atoms with Crippen LogP contribution in [0.25, 0.3) is 0 Å². The lowest BCUT2D eigenvalue weighted by Gasteiger charge is -2.14. The average molecular weight is 326 g/mol. The van der Waals surface area contributed by atoms with E-state index in [4.69, 9.17) is 19.9 Å². The number of esters is 1. The number of H-pyrrole nitrogens is 1. The van der Waals surface area contributed by atoms with Crippen molar-refractivity contribution in [2.24, 2.45) is 5.92 Å². The maximum absolute atomic E-state index is 11.8. The summed E-state index contributed by atoms with van der Waals surface area (Å²) in [5.74, 6) is -0.120. The molecule has 0 spiro atoms. The van der Waals surface area contributed by atoms with Crippen molar-refractivity contribution in [3.8, 4) is 0 Å². The predicted octanol–water partition coefficient (Wildman–Crippen LogP) is 0.486. The first kappa shape index (κ1) is 17.4. The van der Waals surface area contributed by atoms with E-state index in [0.717, 1.165) is 19.3 Å². The van der Waals surface area contributed by atoms with Gasteiger partial charge in [-0.1, -0.05) is 26.7 Å². The van der Waals surface area contributed by atoms with Crippen LogP contribution in [0.5, 0.6) is 0 Å². The number of aromatic nitrogens is 2. The van der Waals surface area contributed by atoms with E-state index in [-0.39, 0.29) is 36.6 Å². The quantitative estimate of drug-likeness (QED) is 0.557. The molecule has 0 radical (unpaired) electrons. The molecule has 0 bridgehead atoms. The van der Waals surface area contributed by atoms with E-state index in [1.807, 2.05) is 6.92 Å². The zero-order valence-electron chi connectivity index (χ0n) is 13.5. The molecule has 1 saturated heterocycles. The van der Waals surface area contributed by atoms with E-state index < -0.39 is 12.5 Å². The second-order valence-electron chi connectivity index (χ2n) is 5.64. The fourth-order valence-electron chi connectivity index (χ4n) is 2.28. The SMILES string of the molecule is CCCCC(C)C(=O)OC[C@H]1OC[C@@H]([n+]2ccc(N)[nH]c2=O)O1. The van der Waals surface area contributed by atoms with Crippen molar-refractivity contribution >= 4 is 11.8 Å². The molecule has 1 fully saturated rings. The van der Waals surface area contributed by atoms with Crippen molar-refractivity contribution in [3.05, 3.63) is 22.7 Å². The summed E-state index contributed by atoms with van der Waals surface area (Å²) in [6.07, 6.45) is 3.13. The van der Waals surface area contributed by atoms with Crippen LogP contribution in [-0.2, 0) is 19.0 Å². The van der Waals surface area contributed by atoms with Crippen LogP contribution >= 0.6 is 0 Å². The summed E-state index contributed by atoms with van der Waals surface area (Å²) in [6, 6.07) is 1.56. The highest BCUT2D eigenvalue weighted by atomic mass is 16.7. The number of anilines is 1. The smallest absolute Gasteiger partial charge is 0.460 e. The van der Waals surface area contributed by atoms with Crippen LogP contribution in [0.4, 0.5) is 5.82 Å². The Morgan fingerprint density at radius 2 is 2.39 bits per heavy atom. The first-order valence-electron chi connectivity index (χ1n) is 7.85. The first-order chi connectivity index (χ1) is 11.0. The summed E-state index contributed by atoms with van der Waals surface area (Å²) < 4.78 is 17.6. The number of hydrogen-bond acceptors (Lipinski definition) is 6. The Labute approximate surface area is 134 Å². The minimum absolute atomic E-state index is 0.0131. The molecule has 0 amide bonds. The molecule has 8 nitrogen and oxygen atoms in total. The lowest BCUT2D eigenvalue weighted by atomic mass is 10.1. The highest BCUT2D eigenvalue weighted by Crippen LogP contribution is 2.16. The van der Waals surface area contributed by atoms with Gasteiger partial charge in [0, 0.05) is 6.07 Å². The highest BCUT2D eigenvalue weighted by Gasteiger charge is 2.33. The molecule has 1 aromatic rings. The average Bonchev–Trinajstić information content (AvgIpc) is 2.98. The number of nitrogens with zero attached hydrogens (tertiary/aromatic N) is 1. The number of ether oxygens (including phenoxy) is 3. The van der Waals surface area contributed by atoms with Crippen molar-refractivity contribution in [3.63, 3.8) is 0 Å². The monoisotopic (exact) mass is 326 g/mol. The van der Waals surface area contributed by atoms with Gasteiger partial charge in [0.25, 0.3) is 0 Å². The maximum Gasteiger partial charge on any atom is 0.499 e. The zero-order chi connectivity index (χ0) is 16.8. The topological polar surface area (TPSA) is 108 Å². The zero-order valence-corrected chi connectivity index (χ0v) is 13.5. The van der Waals surface area contributed by atoms with E-state index in [9.17, 15) is 9.59 Å². The Morgan fingerprint density at radius 1 is 1.61 bits per heavy atom. The fraction of sp³-hybridized carbons (Fsp3) is 0.667. The van der Waals surface area contributed by atoms with Crippen LogP contribution in [0.15, 0.2) is 17.1 Å². The fourth-order valence-corrected chi connectivity index (χ4v) is 2.28. The number of carbonyl (C=O) groups is 1. The van der Waals surface area contributed by atoms with Crippen LogP contribution in [0.3, 0.4) is 0 Å². The van der Waals surface area contributed by atoms with E-state index >= 15 is 0 Å². The second-order valence-corrected chi connectivity index (χ2v) is 5.64. The Bertz CT molecular complexity index is 589. The van der Waals surface area contributed by atoms with Crippen LogP contribution in [0.2, 0.25) is 0 Å². The largest absolute Gasteiger partial charge is 0.499 e. The lowest BCUT2D eigenvalue weighted by molar-refractivity contribution is -0.771. The van der Waals surface area contributed by atoms with Gasteiger partial charge in [-0.3, -0.25) is 4.79 Å². The van der Waals surface area contributed by atoms with Crippen molar-refractivity contribution in [2.75, 3.05) is 18.9 Å². The van der Waals surface area contributed by atoms with Gasteiger partial charge in [-0.15, -0.1) is 0 Å². The molecule has 1 aliphatic heterocycles. The molecule has 128 valence electrons. The van der Waals surface area contributed by atoms with Gasteiger partial charge in [0.05, 0.1) is 5.92 Å². The van der Waals surface area contributed by atoms with Gasteiger partial charge in [0.15, 0.2) is 12.1 Å². The molecule has 0 saturated carbocycles. The van der Waals surface area contributed by atoms with Gasteiger partial charge >= 0.3 is 11.7 Å². The molecule has 2 heterocycles. The van der Waals surface area contributed by atoms with Crippen LogP contribution in [-0.4, -0.2) is 30.5 Å². The summed E-state index contributed by atoms with van der Waals surface area (Å²) in [6.45, 7) is 4.14. The maximum atomic E-state index is 11.8. The third kappa shape index (κ3) is 4.77. The van der Waals surface area contributed by atoms with Crippen LogP contribution < -0.4 is 16.0 Å². The normalized spacial score (nSPS) is 22.0. The number of hydrogen-bond donors (Lipinski definition) is 2. The Morgan fingerprint density at radius 3 is 3.09 bits per heavy atom. The molecule has 1 unspecified atom stereocenters. The van der Waals surface area contributed by atoms with Crippen molar-refractivity contribution in [1.82, 2.24) is 4.98 Å². The second kappa shape index (κ2) is 8.07. The number of aromatic amines is 1. The van der Waals surface area contributed by atoms with E-state index in [1.165, 1.54) is 10.8 Å². The molecule has 0 aliphatic carbocycles. The van der Waals surface area contributed by atoms with Gasteiger partial charge < -0.3 is 19.9 Å². The molecule has 3 N–H and O–H groups in total. The van der Waals surface area contributed by atoms with E-state index in [1.54, 1.807) is 6.07 Å².